The van der Waals surface area contributed by atoms with Gasteiger partial charge in [-0.3, -0.25) is 0 Å². The summed E-state index contributed by atoms with van der Waals surface area (Å²) in [5, 5.41) is 12.9. The van der Waals surface area contributed by atoms with Crippen LogP contribution in [0.5, 0.6) is 0 Å². The number of aliphatic carboxylic acids is 1. The Morgan fingerprint density at radius 2 is 2.27 bits per heavy atom. The van der Waals surface area contributed by atoms with Crippen LogP contribution in [0.4, 0.5) is 0 Å². The maximum atomic E-state index is 10.8. The molecule has 0 aromatic rings. The summed E-state index contributed by atoms with van der Waals surface area (Å²) >= 11 is 0. The van der Waals surface area contributed by atoms with Gasteiger partial charge in [-0.1, -0.05) is 6.92 Å². The van der Waals surface area contributed by atoms with Crippen LogP contribution in [0.2, 0.25) is 0 Å². The molecule has 0 aromatic carbocycles. The van der Waals surface area contributed by atoms with Crippen molar-refractivity contribution in [1.29, 1.82) is 0 Å². The molecule has 4 saturated heterocycles. The molecule has 4 heteroatoms. The number of carboxylic acids is 1. The smallest absolute Gasteiger partial charge is 0.342 e. The lowest BCUT2D eigenvalue weighted by Gasteiger charge is -2.29. The van der Waals surface area contributed by atoms with Crippen molar-refractivity contribution in [3.8, 4) is 0 Å². The molecule has 2 bridgehead atoms. The first-order valence-electron chi connectivity index (χ1n) is 4.00. The fourth-order valence-electron chi connectivity index (χ4n) is 2.53. The molecule has 4 nitrogen and oxygen atoms in total. The van der Waals surface area contributed by atoms with Gasteiger partial charge in [0.05, 0.1) is 6.17 Å². The van der Waals surface area contributed by atoms with Crippen molar-refractivity contribution in [1.82, 2.24) is 10.0 Å². The molecular formula is C7H10N2O2. The summed E-state index contributed by atoms with van der Waals surface area (Å²) in [5.74, 6) is -0.0913. The molecule has 4 heterocycles. The topological polar surface area (TPSA) is 43.3 Å². The quantitative estimate of drug-likeness (QED) is 0.543. The summed E-state index contributed by atoms with van der Waals surface area (Å²) in [6.45, 7) is 2.13. The molecule has 11 heavy (non-hydrogen) atoms. The van der Waals surface area contributed by atoms with Gasteiger partial charge in [0.1, 0.15) is 0 Å². The highest BCUT2D eigenvalue weighted by atomic mass is 16.4. The van der Waals surface area contributed by atoms with Crippen LogP contribution < -0.4 is 0 Å². The summed E-state index contributed by atoms with van der Waals surface area (Å²) < 4.78 is 0. The van der Waals surface area contributed by atoms with Crippen LogP contribution in [-0.4, -0.2) is 32.9 Å². The second-order valence-corrected chi connectivity index (χ2v) is 3.84. The number of nitrogens with zero attached hydrogens (tertiary/aromatic N) is 2. The zero-order chi connectivity index (χ0) is 7.80. The van der Waals surface area contributed by atoms with Gasteiger partial charge in [-0.2, -0.15) is 10.0 Å². The van der Waals surface area contributed by atoms with E-state index in [2.05, 4.69) is 6.92 Å². The monoisotopic (exact) mass is 154 g/mol. The molecule has 4 aliphatic heterocycles. The summed E-state index contributed by atoms with van der Waals surface area (Å²) in [6.07, 6.45) is 2.43. The Balaban J connectivity index is 1.89. The van der Waals surface area contributed by atoms with Crippen molar-refractivity contribution in [2.24, 2.45) is 5.92 Å². The Morgan fingerprint density at radius 1 is 1.64 bits per heavy atom. The van der Waals surface area contributed by atoms with Gasteiger partial charge in [0, 0.05) is 0 Å². The first kappa shape index (κ1) is 5.97. The van der Waals surface area contributed by atoms with Crippen LogP contribution in [0, 0.1) is 5.92 Å². The van der Waals surface area contributed by atoms with Crippen molar-refractivity contribution < 1.29 is 9.90 Å². The van der Waals surface area contributed by atoms with Crippen LogP contribution in [0.25, 0.3) is 0 Å². The van der Waals surface area contributed by atoms with Crippen molar-refractivity contribution in [3.05, 3.63) is 0 Å². The third-order valence-electron chi connectivity index (χ3n) is 3.05. The van der Waals surface area contributed by atoms with E-state index in [1.54, 1.807) is 0 Å². The Labute approximate surface area is 64.4 Å². The largest absolute Gasteiger partial charge is 0.479 e. The lowest BCUT2D eigenvalue weighted by atomic mass is 9.87. The summed E-state index contributed by atoms with van der Waals surface area (Å²) in [4.78, 5) is 10.8. The molecule has 2 unspecified atom stereocenters. The van der Waals surface area contributed by atoms with Crippen LogP contribution in [0.15, 0.2) is 0 Å². The molecule has 0 radical (unpaired) electrons. The third-order valence-corrected chi connectivity index (χ3v) is 3.05. The molecule has 3 atom stereocenters. The Bertz CT molecular complexity index is 243. The van der Waals surface area contributed by atoms with Crippen molar-refractivity contribution in [2.45, 2.75) is 31.6 Å². The average molecular weight is 154 g/mol. The molecule has 4 aliphatic rings. The number of hydrogen-bond acceptors (Lipinski definition) is 3. The average Bonchev–Trinajstić information content (AvgIpc) is 2.75. The van der Waals surface area contributed by atoms with E-state index in [1.165, 1.54) is 0 Å². The second-order valence-electron chi connectivity index (χ2n) is 3.84. The van der Waals surface area contributed by atoms with Crippen LogP contribution in [0.3, 0.4) is 0 Å². The Hall–Kier alpha value is -0.610. The highest BCUT2D eigenvalue weighted by Crippen LogP contribution is 2.66. The maximum absolute atomic E-state index is 10.8. The predicted molar refractivity (Wildman–Crippen MR) is 36.2 cm³/mol. The van der Waals surface area contributed by atoms with Crippen LogP contribution in [-0.2, 0) is 4.79 Å². The SMILES string of the molecule is C[C@H]1CC2N3N2C3(C(=O)O)C1. The number of fused-ring (bicyclic) bond motifs is 2. The van der Waals surface area contributed by atoms with Gasteiger partial charge in [0.15, 0.2) is 0 Å². The zero-order valence-electron chi connectivity index (χ0n) is 6.32. The van der Waals surface area contributed by atoms with Crippen molar-refractivity contribution in [3.63, 3.8) is 0 Å². The number of piperidine rings is 2. The number of rotatable bonds is 1. The summed E-state index contributed by atoms with van der Waals surface area (Å²) in [7, 11) is 0. The fraction of sp³-hybridized carbons (Fsp3) is 0.857. The molecule has 0 aromatic heterocycles. The number of hydrogen-bond donors (Lipinski definition) is 1. The normalized spacial score (nSPS) is 63.4. The molecule has 0 spiro atoms. The molecule has 0 saturated carbocycles. The second kappa shape index (κ2) is 1.32. The first-order valence-corrected chi connectivity index (χ1v) is 4.00. The zero-order valence-corrected chi connectivity index (χ0v) is 6.32. The van der Waals surface area contributed by atoms with E-state index < -0.39 is 11.6 Å². The van der Waals surface area contributed by atoms with Gasteiger partial charge in [0.25, 0.3) is 0 Å². The van der Waals surface area contributed by atoms with E-state index in [1.807, 2.05) is 10.0 Å². The van der Waals surface area contributed by atoms with Crippen molar-refractivity contribution in [2.75, 3.05) is 0 Å². The molecule has 1 N–H and O–H groups in total. The minimum absolute atomic E-state index is 0.481. The van der Waals surface area contributed by atoms with E-state index in [0.29, 0.717) is 12.1 Å². The minimum atomic E-state index is -0.666. The van der Waals surface area contributed by atoms with E-state index in [0.717, 1.165) is 12.8 Å². The maximum Gasteiger partial charge on any atom is 0.342 e. The van der Waals surface area contributed by atoms with Gasteiger partial charge in [-0.05, 0) is 18.8 Å². The summed E-state index contributed by atoms with van der Waals surface area (Å²) in [5.41, 5.74) is -0.539. The summed E-state index contributed by atoms with van der Waals surface area (Å²) in [6, 6.07) is 0. The van der Waals surface area contributed by atoms with Crippen molar-refractivity contribution >= 4 is 5.97 Å². The first-order chi connectivity index (χ1) is 5.18. The molecular weight excluding hydrogens is 144 g/mol. The van der Waals surface area contributed by atoms with E-state index in [4.69, 9.17) is 5.11 Å². The highest BCUT2D eigenvalue weighted by molar-refractivity contribution is 5.83. The predicted octanol–water partition coefficient (Wildman–Crippen LogP) is 0.0695. The molecule has 4 fully saturated rings. The van der Waals surface area contributed by atoms with E-state index >= 15 is 0 Å². The minimum Gasteiger partial charge on any atom is -0.479 e. The van der Waals surface area contributed by atoms with Gasteiger partial charge in [-0.15, -0.1) is 0 Å². The Morgan fingerprint density at radius 3 is 2.73 bits per heavy atom. The van der Waals surface area contributed by atoms with E-state index in [-0.39, 0.29) is 0 Å². The van der Waals surface area contributed by atoms with E-state index in [9.17, 15) is 4.79 Å². The Kier molecular flexibility index (Phi) is 0.715. The van der Waals surface area contributed by atoms with Crippen LogP contribution >= 0.6 is 0 Å². The number of carboxylic acid groups (broad SMARTS) is 1. The van der Waals surface area contributed by atoms with Crippen LogP contribution in [0.1, 0.15) is 19.8 Å². The number of hydrazine groups is 1. The van der Waals surface area contributed by atoms with Gasteiger partial charge < -0.3 is 5.11 Å². The number of carbonyl (C=O) groups is 1. The lowest BCUT2D eigenvalue weighted by Crippen LogP contribution is -2.47. The standard InChI is InChI=1S/C7H10N2O2/c1-4-2-5-8-7(3-4,6(10)11)9(5)8/h4-5H,2-3H2,1H3,(H,10,11)/t4-,5?,7?,8?,9?/m0/s1. The molecule has 0 aliphatic carbocycles. The highest BCUT2D eigenvalue weighted by Gasteiger charge is 2.87. The molecule has 0 amide bonds. The van der Waals surface area contributed by atoms with Gasteiger partial charge in [0.2, 0.25) is 5.66 Å². The third kappa shape index (κ3) is 0.434. The molecule has 4 rings (SSSR count). The fourth-order valence-corrected chi connectivity index (χ4v) is 2.53. The van der Waals surface area contributed by atoms with Gasteiger partial charge >= 0.3 is 5.97 Å². The molecule has 60 valence electrons. The van der Waals surface area contributed by atoms with Gasteiger partial charge in [-0.25, -0.2) is 4.79 Å². The lowest BCUT2D eigenvalue weighted by molar-refractivity contribution is -0.146.